The van der Waals surface area contributed by atoms with Crippen LogP contribution in [0.1, 0.15) is 38.3 Å². The fourth-order valence-electron chi connectivity index (χ4n) is 5.75. The van der Waals surface area contributed by atoms with Crippen LogP contribution in [0.5, 0.6) is 0 Å². The number of fused-ring (bicyclic) bond motifs is 4. The number of rotatable bonds is 4. The SMILES string of the molecule is CN1CC[C@]2(n3cc(CC[N+](=O)[O-])c4ccccc43)c3cccc(I)c3N(C(=O)OC(C)(C)C)[C@H]12. The summed E-state index contributed by atoms with van der Waals surface area (Å²) in [6, 6.07) is 14.2. The van der Waals surface area contributed by atoms with Crippen molar-refractivity contribution in [1.82, 2.24) is 9.47 Å². The maximum Gasteiger partial charge on any atom is 0.416 e. The average molecular weight is 588 g/mol. The number of hydrogen-bond donors (Lipinski definition) is 0. The van der Waals surface area contributed by atoms with Crippen LogP contribution >= 0.6 is 22.6 Å². The van der Waals surface area contributed by atoms with Gasteiger partial charge in [0.1, 0.15) is 17.3 Å². The van der Waals surface area contributed by atoms with Crippen LogP contribution in [-0.2, 0) is 16.7 Å². The van der Waals surface area contributed by atoms with Gasteiger partial charge < -0.3 is 9.30 Å². The number of nitrogens with zero attached hydrogens (tertiary/aromatic N) is 4. The summed E-state index contributed by atoms with van der Waals surface area (Å²) in [6.45, 7) is 6.31. The Balaban J connectivity index is 1.75. The number of hydrogen-bond acceptors (Lipinski definition) is 5. The Morgan fingerprint density at radius 3 is 2.69 bits per heavy atom. The Morgan fingerprint density at radius 1 is 1.23 bits per heavy atom. The van der Waals surface area contributed by atoms with E-state index in [9.17, 15) is 14.9 Å². The number of halogens is 1. The maximum atomic E-state index is 13.7. The van der Waals surface area contributed by atoms with E-state index in [1.807, 2.05) is 63.1 Å². The first-order chi connectivity index (χ1) is 16.5. The van der Waals surface area contributed by atoms with E-state index in [1.165, 1.54) is 0 Å². The van der Waals surface area contributed by atoms with E-state index in [0.29, 0.717) is 6.42 Å². The van der Waals surface area contributed by atoms with E-state index >= 15 is 0 Å². The van der Waals surface area contributed by atoms with Gasteiger partial charge >= 0.3 is 6.09 Å². The number of para-hydroxylation sites is 2. The quantitative estimate of drug-likeness (QED) is 0.237. The largest absolute Gasteiger partial charge is 0.443 e. The third-order valence-electron chi connectivity index (χ3n) is 7.01. The summed E-state index contributed by atoms with van der Waals surface area (Å²) in [7, 11) is 2.04. The zero-order valence-corrected chi connectivity index (χ0v) is 22.5. The molecular formula is C26H29IN4O4. The van der Waals surface area contributed by atoms with Gasteiger partial charge in [-0.2, -0.15) is 0 Å². The molecule has 0 radical (unpaired) electrons. The van der Waals surface area contributed by atoms with Crippen LogP contribution in [0.4, 0.5) is 10.5 Å². The number of ether oxygens (including phenoxy) is 1. The Kier molecular flexibility index (Phi) is 5.83. The highest BCUT2D eigenvalue weighted by Crippen LogP contribution is 2.55. The first kappa shape index (κ1) is 24.1. The van der Waals surface area contributed by atoms with Crippen LogP contribution in [0.3, 0.4) is 0 Å². The lowest BCUT2D eigenvalue weighted by molar-refractivity contribution is -0.479. The summed E-state index contributed by atoms with van der Waals surface area (Å²) in [5.74, 6) is 0. The van der Waals surface area contributed by atoms with Crippen molar-refractivity contribution < 1.29 is 14.5 Å². The number of anilines is 1. The predicted octanol–water partition coefficient (Wildman–Crippen LogP) is 5.23. The van der Waals surface area contributed by atoms with Crippen molar-refractivity contribution in [1.29, 1.82) is 0 Å². The number of likely N-dealkylation sites (N-methyl/N-ethyl adjacent to an activating group) is 1. The molecule has 0 saturated carbocycles. The van der Waals surface area contributed by atoms with E-state index in [0.717, 1.165) is 44.3 Å². The standard InChI is InChI=1S/C26H29IN4O4/c1-25(2,3)35-24(32)31-22-19(9-7-10-20(22)27)26(13-15-28(4)23(26)31)29-16-17(12-14-30(33)34)18-8-5-6-11-21(18)29/h5-11,16,23H,12-15H2,1-4H3/t23-,26-/m0/s1. The normalized spacial score (nSPS) is 21.9. The summed E-state index contributed by atoms with van der Waals surface area (Å²) in [5, 5.41) is 12.2. The minimum Gasteiger partial charge on any atom is -0.443 e. The number of amides is 1. The van der Waals surface area contributed by atoms with E-state index < -0.39 is 11.1 Å². The van der Waals surface area contributed by atoms with E-state index in [2.05, 4.69) is 50.4 Å². The van der Waals surface area contributed by atoms with Crippen LogP contribution in [0.2, 0.25) is 0 Å². The molecule has 35 heavy (non-hydrogen) atoms. The van der Waals surface area contributed by atoms with Crippen LogP contribution in [0.25, 0.3) is 10.9 Å². The average Bonchev–Trinajstić information content (AvgIpc) is 3.41. The van der Waals surface area contributed by atoms with Gasteiger partial charge in [-0.3, -0.25) is 19.9 Å². The van der Waals surface area contributed by atoms with Crippen LogP contribution < -0.4 is 4.90 Å². The second-order valence-electron chi connectivity index (χ2n) is 10.4. The minimum absolute atomic E-state index is 0.122. The van der Waals surface area contributed by atoms with Crippen molar-refractivity contribution in [2.24, 2.45) is 0 Å². The molecule has 5 rings (SSSR count). The third-order valence-corrected chi connectivity index (χ3v) is 7.88. The maximum absolute atomic E-state index is 13.7. The molecule has 1 aromatic heterocycles. The summed E-state index contributed by atoms with van der Waals surface area (Å²) >= 11 is 2.30. The van der Waals surface area contributed by atoms with Crippen molar-refractivity contribution in [3.63, 3.8) is 0 Å². The second kappa shape index (κ2) is 8.48. The van der Waals surface area contributed by atoms with Gasteiger partial charge in [-0.1, -0.05) is 30.3 Å². The van der Waals surface area contributed by atoms with Crippen LogP contribution in [0.15, 0.2) is 48.7 Å². The molecule has 1 saturated heterocycles. The number of aromatic nitrogens is 1. The van der Waals surface area contributed by atoms with Crippen LogP contribution in [-0.4, -0.2) is 52.4 Å². The van der Waals surface area contributed by atoms with E-state index in [-0.39, 0.29) is 23.7 Å². The summed E-state index contributed by atoms with van der Waals surface area (Å²) in [6.07, 6.45) is 2.57. The topological polar surface area (TPSA) is 80.9 Å². The highest BCUT2D eigenvalue weighted by atomic mass is 127. The van der Waals surface area contributed by atoms with Gasteiger partial charge in [0, 0.05) is 44.1 Å². The number of nitro groups is 1. The highest BCUT2D eigenvalue weighted by molar-refractivity contribution is 14.1. The lowest BCUT2D eigenvalue weighted by atomic mass is 9.88. The molecule has 2 aromatic carbocycles. The predicted molar refractivity (Wildman–Crippen MR) is 143 cm³/mol. The monoisotopic (exact) mass is 588 g/mol. The Bertz CT molecular complexity index is 1330. The lowest BCUT2D eigenvalue weighted by Crippen LogP contribution is -2.54. The molecule has 0 N–H and O–H groups in total. The van der Waals surface area contributed by atoms with Crippen molar-refractivity contribution in [3.05, 3.63) is 73.5 Å². The zero-order chi connectivity index (χ0) is 25.1. The molecule has 1 fully saturated rings. The van der Waals surface area contributed by atoms with E-state index in [1.54, 1.807) is 0 Å². The number of likely N-dealkylation sites (tertiary alicyclic amines) is 1. The number of carbonyl (C=O) groups is 1. The fraction of sp³-hybridized carbons (Fsp3) is 0.423. The van der Waals surface area contributed by atoms with E-state index in [4.69, 9.17) is 4.74 Å². The lowest BCUT2D eigenvalue weighted by Gasteiger charge is -2.38. The molecule has 9 heteroatoms. The van der Waals surface area contributed by atoms with Gasteiger partial charge in [0.15, 0.2) is 0 Å². The van der Waals surface area contributed by atoms with Crippen molar-refractivity contribution in [2.45, 2.75) is 50.9 Å². The fourth-order valence-corrected chi connectivity index (χ4v) is 6.51. The summed E-state index contributed by atoms with van der Waals surface area (Å²) in [4.78, 5) is 28.6. The molecule has 2 aliphatic rings. The Labute approximate surface area is 218 Å². The van der Waals surface area contributed by atoms with Gasteiger partial charge in [-0.05, 0) is 74.5 Å². The molecule has 0 spiro atoms. The Hall–Kier alpha value is -2.66. The first-order valence-electron chi connectivity index (χ1n) is 11.8. The van der Waals surface area contributed by atoms with Crippen LogP contribution in [0, 0.1) is 13.7 Å². The van der Waals surface area contributed by atoms with Gasteiger partial charge in [-0.15, -0.1) is 0 Å². The summed E-state index contributed by atoms with van der Waals surface area (Å²) < 4.78 is 9.15. The second-order valence-corrected chi connectivity index (χ2v) is 11.5. The third kappa shape index (κ3) is 3.79. The summed E-state index contributed by atoms with van der Waals surface area (Å²) in [5.41, 5.74) is 2.74. The highest BCUT2D eigenvalue weighted by Gasteiger charge is 2.60. The molecular weight excluding hydrogens is 559 g/mol. The molecule has 0 unspecified atom stereocenters. The molecule has 8 nitrogen and oxygen atoms in total. The molecule has 184 valence electrons. The molecule has 3 aromatic rings. The Morgan fingerprint density at radius 2 is 1.97 bits per heavy atom. The van der Waals surface area contributed by atoms with Crippen molar-refractivity contribution in [3.8, 4) is 0 Å². The van der Waals surface area contributed by atoms with Gasteiger partial charge in [0.05, 0.1) is 5.69 Å². The number of benzene rings is 2. The first-order valence-corrected chi connectivity index (χ1v) is 12.8. The molecule has 3 heterocycles. The molecule has 2 atom stereocenters. The number of carbonyl (C=O) groups excluding carboxylic acids is 1. The smallest absolute Gasteiger partial charge is 0.416 e. The molecule has 0 bridgehead atoms. The molecule has 0 aliphatic carbocycles. The minimum atomic E-state index is -0.629. The van der Waals surface area contributed by atoms with Gasteiger partial charge in [0.25, 0.3) is 0 Å². The molecule has 2 aliphatic heterocycles. The van der Waals surface area contributed by atoms with Gasteiger partial charge in [0.2, 0.25) is 6.54 Å². The molecule has 1 amide bonds. The zero-order valence-electron chi connectivity index (χ0n) is 20.3. The van der Waals surface area contributed by atoms with Crippen molar-refractivity contribution >= 4 is 45.3 Å². The van der Waals surface area contributed by atoms with Crippen molar-refractivity contribution in [2.75, 3.05) is 25.0 Å². The van der Waals surface area contributed by atoms with Gasteiger partial charge in [-0.25, -0.2) is 4.79 Å².